The first-order valence-corrected chi connectivity index (χ1v) is 9.29. The maximum Gasteiger partial charge on any atom is 0.262 e. The number of nitrogens with zero attached hydrogens (tertiary/aromatic N) is 4. The third-order valence-electron chi connectivity index (χ3n) is 3.97. The number of likely N-dealkylation sites (N-methyl/N-ethyl adjacent to an activating group) is 1. The summed E-state index contributed by atoms with van der Waals surface area (Å²) in [5.74, 6) is 0.277. The molecule has 3 rings (SSSR count). The molecule has 2 atom stereocenters. The van der Waals surface area contributed by atoms with Gasteiger partial charge in [0.1, 0.15) is 0 Å². The molecule has 1 fully saturated rings. The highest BCUT2D eigenvalue weighted by atomic mass is 35.5. The Hall–Kier alpha value is -0.670. The molecule has 6 nitrogen and oxygen atoms in total. The van der Waals surface area contributed by atoms with Crippen molar-refractivity contribution in [3.05, 3.63) is 16.7 Å². The molecule has 0 N–H and O–H groups in total. The van der Waals surface area contributed by atoms with E-state index in [1.807, 2.05) is 14.1 Å². The lowest BCUT2D eigenvalue weighted by Crippen LogP contribution is -2.36. The SMILES string of the molecule is CC1CN(S(=O)(=O)c2c(Cl)nc3sccn23)CC1N(C)C. The van der Waals surface area contributed by atoms with E-state index in [4.69, 9.17) is 11.6 Å². The summed E-state index contributed by atoms with van der Waals surface area (Å²) in [7, 11) is 0.305. The van der Waals surface area contributed by atoms with Crippen molar-refractivity contribution < 1.29 is 8.42 Å². The van der Waals surface area contributed by atoms with Gasteiger partial charge in [0.25, 0.3) is 10.0 Å². The largest absolute Gasteiger partial charge is 0.305 e. The number of sulfonamides is 1. The molecule has 3 heterocycles. The lowest BCUT2D eigenvalue weighted by molar-refractivity contribution is 0.263. The van der Waals surface area contributed by atoms with Crippen LogP contribution in [-0.4, -0.2) is 60.2 Å². The van der Waals surface area contributed by atoms with Crippen molar-refractivity contribution in [1.82, 2.24) is 18.6 Å². The fourth-order valence-corrected chi connectivity index (χ4v) is 5.83. The number of halogens is 1. The summed E-state index contributed by atoms with van der Waals surface area (Å²) in [5.41, 5.74) is 0. The van der Waals surface area contributed by atoms with E-state index in [1.54, 1.807) is 16.0 Å². The molecule has 1 aliphatic heterocycles. The molecule has 0 bridgehead atoms. The molecule has 2 aromatic rings. The van der Waals surface area contributed by atoms with E-state index in [0.29, 0.717) is 18.1 Å². The Morgan fingerprint density at radius 1 is 1.43 bits per heavy atom. The van der Waals surface area contributed by atoms with Crippen molar-refractivity contribution in [3.63, 3.8) is 0 Å². The lowest BCUT2D eigenvalue weighted by Gasteiger charge is -2.22. The minimum Gasteiger partial charge on any atom is -0.305 e. The summed E-state index contributed by atoms with van der Waals surface area (Å²) in [4.78, 5) is 6.78. The van der Waals surface area contributed by atoms with E-state index in [-0.39, 0.29) is 22.1 Å². The molecule has 0 amide bonds. The Morgan fingerprint density at radius 2 is 2.14 bits per heavy atom. The van der Waals surface area contributed by atoms with Gasteiger partial charge in [-0.1, -0.05) is 18.5 Å². The topological polar surface area (TPSA) is 57.9 Å². The normalized spacial score (nSPS) is 24.4. The molecular formula is C12H17ClN4O2S2. The maximum absolute atomic E-state index is 12.9. The van der Waals surface area contributed by atoms with Crippen molar-refractivity contribution in [3.8, 4) is 0 Å². The van der Waals surface area contributed by atoms with Crippen LogP contribution in [0.25, 0.3) is 4.96 Å². The Bertz CT molecular complexity index is 767. The number of hydrogen-bond donors (Lipinski definition) is 0. The van der Waals surface area contributed by atoms with Gasteiger partial charge in [0, 0.05) is 30.7 Å². The minimum absolute atomic E-state index is 0.0443. The highest BCUT2D eigenvalue weighted by molar-refractivity contribution is 7.89. The van der Waals surface area contributed by atoms with Gasteiger partial charge in [-0.25, -0.2) is 13.4 Å². The fraction of sp³-hybridized carbons (Fsp3) is 0.583. The van der Waals surface area contributed by atoms with Crippen LogP contribution in [0.2, 0.25) is 5.15 Å². The lowest BCUT2D eigenvalue weighted by atomic mass is 10.1. The molecular weight excluding hydrogens is 332 g/mol. The van der Waals surface area contributed by atoms with Gasteiger partial charge in [0.2, 0.25) is 0 Å². The van der Waals surface area contributed by atoms with Gasteiger partial charge in [0.05, 0.1) is 0 Å². The molecule has 0 aromatic carbocycles. The molecule has 21 heavy (non-hydrogen) atoms. The average molecular weight is 349 g/mol. The van der Waals surface area contributed by atoms with E-state index in [2.05, 4.69) is 16.8 Å². The molecule has 2 unspecified atom stereocenters. The van der Waals surface area contributed by atoms with Gasteiger partial charge in [0.15, 0.2) is 15.1 Å². The van der Waals surface area contributed by atoms with E-state index in [9.17, 15) is 8.42 Å². The van der Waals surface area contributed by atoms with Crippen molar-refractivity contribution >= 4 is 37.9 Å². The van der Waals surface area contributed by atoms with Crippen LogP contribution in [-0.2, 0) is 10.0 Å². The molecule has 2 aromatic heterocycles. The Kier molecular flexibility index (Phi) is 3.77. The van der Waals surface area contributed by atoms with Crippen molar-refractivity contribution in [2.45, 2.75) is 18.0 Å². The van der Waals surface area contributed by atoms with Crippen molar-refractivity contribution in [2.75, 3.05) is 27.2 Å². The zero-order chi connectivity index (χ0) is 15.4. The van der Waals surface area contributed by atoms with Gasteiger partial charge in [-0.15, -0.1) is 11.3 Å². The second-order valence-corrected chi connectivity index (χ2v) is 8.68. The van der Waals surface area contributed by atoms with Crippen LogP contribution in [0.15, 0.2) is 16.6 Å². The highest BCUT2D eigenvalue weighted by Crippen LogP contribution is 2.31. The number of hydrogen-bond acceptors (Lipinski definition) is 5. The monoisotopic (exact) mass is 348 g/mol. The van der Waals surface area contributed by atoms with Crippen LogP contribution < -0.4 is 0 Å². The Morgan fingerprint density at radius 3 is 2.76 bits per heavy atom. The third-order valence-corrected chi connectivity index (χ3v) is 6.95. The highest BCUT2D eigenvalue weighted by Gasteiger charge is 2.40. The number of thiazole rings is 1. The fourth-order valence-electron chi connectivity index (χ4n) is 2.87. The summed E-state index contributed by atoms with van der Waals surface area (Å²) in [6, 6.07) is 0.212. The molecule has 1 aliphatic rings. The number of aromatic nitrogens is 2. The Balaban J connectivity index is 2.02. The Labute approximate surface area is 133 Å². The average Bonchev–Trinajstić information content (AvgIpc) is 3.02. The first-order chi connectivity index (χ1) is 9.82. The van der Waals surface area contributed by atoms with Crippen LogP contribution >= 0.6 is 22.9 Å². The smallest absolute Gasteiger partial charge is 0.262 e. The van der Waals surface area contributed by atoms with Crippen LogP contribution in [0.1, 0.15) is 6.92 Å². The van der Waals surface area contributed by atoms with Gasteiger partial charge >= 0.3 is 0 Å². The summed E-state index contributed by atoms with van der Waals surface area (Å²) in [6.07, 6.45) is 1.69. The first kappa shape index (κ1) is 15.2. The zero-order valence-corrected chi connectivity index (χ0v) is 14.4. The van der Waals surface area contributed by atoms with Crippen molar-refractivity contribution in [2.24, 2.45) is 5.92 Å². The number of rotatable bonds is 3. The van der Waals surface area contributed by atoms with E-state index < -0.39 is 10.0 Å². The summed E-state index contributed by atoms with van der Waals surface area (Å²) < 4.78 is 28.9. The molecule has 0 aliphatic carbocycles. The molecule has 116 valence electrons. The summed E-state index contributed by atoms with van der Waals surface area (Å²) in [6.45, 7) is 3.04. The van der Waals surface area contributed by atoms with Gasteiger partial charge in [-0.3, -0.25) is 4.40 Å². The molecule has 9 heteroatoms. The standard InChI is InChI=1S/C12H17ClN4O2S2/c1-8-6-16(7-9(8)15(2)3)21(18,19)11-10(13)14-12-17(11)4-5-20-12/h4-5,8-9H,6-7H2,1-3H3. The summed E-state index contributed by atoms with van der Waals surface area (Å²) >= 11 is 7.43. The molecule has 0 saturated carbocycles. The van der Waals surface area contributed by atoms with Crippen molar-refractivity contribution in [1.29, 1.82) is 0 Å². The predicted octanol–water partition coefficient (Wildman–Crippen LogP) is 1.62. The first-order valence-electron chi connectivity index (χ1n) is 6.60. The minimum atomic E-state index is -3.64. The zero-order valence-electron chi connectivity index (χ0n) is 12.0. The quantitative estimate of drug-likeness (QED) is 0.845. The second-order valence-electron chi connectivity index (χ2n) is 5.59. The molecule has 1 saturated heterocycles. The van der Waals surface area contributed by atoms with Gasteiger partial charge < -0.3 is 4.90 Å². The number of imidazole rings is 1. The van der Waals surface area contributed by atoms with Crippen LogP contribution in [0, 0.1) is 5.92 Å². The molecule has 0 radical (unpaired) electrons. The van der Waals surface area contributed by atoms with E-state index in [0.717, 1.165) is 0 Å². The van der Waals surface area contributed by atoms with Crippen LogP contribution in [0.5, 0.6) is 0 Å². The maximum atomic E-state index is 12.9. The third kappa shape index (κ3) is 2.39. The van der Waals surface area contributed by atoms with Gasteiger partial charge in [-0.05, 0) is 20.0 Å². The number of fused-ring (bicyclic) bond motifs is 1. The summed E-state index contributed by atoms with van der Waals surface area (Å²) in [5, 5.41) is 1.92. The van der Waals surface area contributed by atoms with E-state index in [1.165, 1.54) is 15.6 Å². The molecule has 0 spiro atoms. The second kappa shape index (κ2) is 5.20. The van der Waals surface area contributed by atoms with Gasteiger partial charge in [-0.2, -0.15) is 4.31 Å². The van der Waals surface area contributed by atoms with E-state index >= 15 is 0 Å². The predicted molar refractivity (Wildman–Crippen MR) is 83.5 cm³/mol. The van der Waals surface area contributed by atoms with Crippen LogP contribution in [0.4, 0.5) is 0 Å². The van der Waals surface area contributed by atoms with Crippen LogP contribution in [0.3, 0.4) is 0 Å².